The zero-order valence-electron chi connectivity index (χ0n) is 8.17. The van der Waals surface area contributed by atoms with Crippen LogP contribution in [-0.4, -0.2) is 15.9 Å². The number of hydrogen-bond acceptors (Lipinski definition) is 5. The van der Waals surface area contributed by atoms with Crippen LogP contribution >= 0.6 is 11.8 Å². The number of fused-ring (bicyclic) bond motifs is 1. The zero-order valence-corrected chi connectivity index (χ0v) is 8.99. The van der Waals surface area contributed by atoms with Crippen molar-refractivity contribution >= 4 is 11.8 Å². The predicted molar refractivity (Wildman–Crippen MR) is 57.7 cm³/mol. The van der Waals surface area contributed by atoms with E-state index in [0.29, 0.717) is 11.6 Å². The molecule has 0 saturated carbocycles. The fourth-order valence-electron chi connectivity index (χ4n) is 1.53. The van der Waals surface area contributed by atoms with Gasteiger partial charge in [0, 0.05) is 10.6 Å². The van der Waals surface area contributed by atoms with Crippen LogP contribution in [0, 0.1) is 0 Å². The summed E-state index contributed by atoms with van der Waals surface area (Å²) >= 11 is 1.67. The maximum atomic E-state index is 10.8. The van der Waals surface area contributed by atoms with E-state index in [0.717, 1.165) is 10.6 Å². The SMILES string of the molecule is O=c1[nH]c(C2CSc3ccccc3O2)no1. The van der Waals surface area contributed by atoms with Gasteiger partial charge in [0.1, 0.15) is 5.75 Å². The molecule has 3 rings (SSSR count). The first-order valence-electron chi connectivity index (χ1n) is 4.77. The summed E-state index contributed by atoms with van der Waals surface area (Å²) in [5, 5.41) is 3.63. The molecule has 6 heteroatoms. The van der Waals surface area contributed by atoms with Gasteiger partial charge in [-0.2, -0.15) is 0 Å². The van der Waals surface area contributed by atoms with Crippen LogP contribution in [0.3, 0.4) is 0 Å². The van der Waals surface area contributed by atoms with Gasteiger partial charge in [-0.05, 0) is 12.1 Å². The smallest absolute Gasteiger partial charge is 0.439 e. The number of rotatable bonds is 1. The van der Waals surface area contributed by atoms with Crippen molar-refractivity contribution in [3.8, 4) is 5.75 Å². The van der Waals surface area contributed by atoms with Crippen molar-refractivity contribution in [2.75, 3.05) is 5.75 Å². The number of nitrogens with zero attached hydrogens (tertiary/aromatic N) is 1. The second-order valence-electron chi connectivity index (χ2n) is 3.34. The maximum absolute atomic E-state index is 10.8. The fraction of sp³-hybridized carbons (Fsp3) is 0.200. The normalized spacial score (nSPS) is 18.9. The Bertz CT molecular complexity index is 563. The first kappa shape index (κ1) is 9.53. The molecular weight excluding hydrogens is 228 g/mol. The fourth-order valence-corrected chi connectivity index (χ4v) is 2.52. The molecule has 0 bridgehead atoms. The predicted octanol–water partition coefficient (Wildman–Crippen LogP) is 1.59. The van der Waals surface area contributed by atoms with Gasteiger partial charge in [0.2, 0.25) is 0 Å². The van der Waals surface area contributed by atoms with Crippen molar-refractivity contribution in [2.24, 2.45) is 0 Å². The number of para-hydroxylation sites is 1. The van der Waals surface area contributed by atoms with Crippen LogP contribution in [0.2, 0.25) is 0 Å². The number of aromatic nitrogens is 2. The summed E-state index contributed by atoms with van der Waals surface area (Å²) < 4.78 is 10.2. The van der Waals surface area contributed by atoms with Crippen molar-refractivity contribution < 1.29 is 9.26 Å². The van der Waals surface area contributed by atoms with Gasteiger partial charge in [-0.1, -0.05) is 17.3 Å². The van der Waals surface area contributed by atoms with Gasteiger partial charge in [-0.25, -0.2) is 4.79 Å². The average Bonchev–Trinajstić information content (AvgIpc) is 2.75. The molecular formula is C10H8N2O3S. The van der Waals surface area contributed by atoms with E-state index in [-0.39, 0.29) is 6.10 Å². The van der Waals surface area contributed by atoms with Gasteiger partial charge >= 0.3 is 5.76 Å². The summed E-state index contributed by atoms with van der Waals surface area (Å²) in [6.45, 7) is 0. The van der Waals surface area contributed by atoms with Crippen molar-refractivity contribution in [3.05, 3.63) is 40.6 Å². The highest BCUT2D eigenvalue weighted by molar-refractivity contribution is 7.99. The average molecular weight is 236 g/mol. The Hall–Kier alpha value is -1.69. The zero-order chi connectivity index (χ0) is 11.0. The molecule has 0 saturated heterocycles. The minimum atomic E-state index is -0.553. The molecule has 0 fully saturated rings. The first-order valence-corrected chi connectivity index (χ1v) is 5.76. The standard InChI is InChI=1S/C10H8N2O3S/c13-10-11-9(12-15-10)7-5-16-8-4-2-1-3-6(8)14-7/h1-4,7H,5H2,(H,11,12,13). The first-order chi connectivity index (χ1) is 7.83. The molecule has 82 valence electrons. The third-order valence-electron chi connectivity index (χ3n) is 2.27. The van der Waals surface area contributed by atoms with Gasteiger partial charge in [-0.3, -0.25) is 9.51 Å². The van der Waals surface area contributed by atoms with Crippen LogP contribution in [0.4, 0.5) is 0 Å². The molecule has 1 atom stereocenters. The van der Waals surface area contributed by atoms with Crippen LogP contribution in [-0.2, 0) is 0 Å². The van der Waals surface area contributed by atoms with Crippen LogP contribution < -0.4 is 10.5 Å². The highest BCUT2D eigenvalue weighted by Gasteiger charge is 2.24. The molecule has 1 unspecified atom stereocenters. The van der Waals surface area contributed by atoms with E-state index < -0.39 is 5.76 Å². The van der Waals surface area contributed by atoms with Crippen molar-refractivity contribution in [2.45, 2.75) is 11.0 Å². The molecule has 0 spiro atoms. The number of H-pyrrole nitrogens is 1. The van der Waals surface area contributed by atoms with Gasteiger partial charge in [0.05, 0.1) is 0 Å². The molecule has 5 nitrogen and oxygen atoms in total. The molecule has 1 aliphatic heterocycles. The quantitative estimate of drug-likeness (QED) is 0.814. The summed E-state index contributed by atoms with van der Waals surface area (Å²) in [6.07, 6.45) is -0.258. The van der Waals surface area contributed by atoms with E-state index >= 15 is 0 Å². The van der Waals surface area contributed by atoms with Gasteiger partial charge in [-0.15, -0.1) is 11.8 Å². The summed E-state index contributed by atoms with van der Waals surface area (Å²) in [5.41, 5.74) is 0. The van der Waals surface area contributed by atoms with Crippen molar-refractivity contribution in [3.63, 3.8) is 0 Å². The lowest BCUT2D eigenvalue weighted by atomic mass is 10.3. The van der Waals surface area contributed by atoms with Gasteiger partial charge in [0.15, 0.2) is 11.9 Å². The minimum absolute atomic E-state index is 0.258. The third kappa shape index (κ3) is 1.61. The minimum Gasteiger partial charge on any atom is -0.480 e. The summed E-state index contributed by atoms with van der Waals surface area (Å²) in [5.74, 6) is 1.40. The van der Waals surface area contributed by atoms with E-state index in [1.54, 1.807) is 11.8 Å². The number of nitrogens with one attached hydrogen (secondary N) is 1. The second-order valence-corrected chi connectivity index (χ2v) is 4.41. The van der Waals surface area contributed by atoms with Crippen LogP contribution in [0.25, 0.3) is 0 Å². The number of thioether (sulfide) groups is 1. The summed E-state index contributed by atoms with van der Waals surface area (Å²) in [6, 6.07) is 7.77. The van der Waals surface area contributed by atoms with Gasteiger partial charge in [0.25, 0.3) is 0 Å². The lowest BCUT2D eigenvalue weighted by Crippen LogP contribution is -2.16. The highest BCUT2D eigenvalue weighted by atomic mass is 32.2. The van der Waals surface area contributed by atoms with Crippen molar-refractivity contribution in [1.29, 1.82) is 0 Å². The van der Waals surface area contributed by atoms with Crippen LogP contribution in [0.5, 0.6) is 5.75 Å². The number of hydrogen-bond donors (Lipinski definition) is 1. The third-order valence-corrected chi connectivity index (χ3v) is 3.39. The van der Waals surface area contributed by atoms with E-state index in [1.807, 2.05) is 24.3 Å². The molecule has 2 heterocycles. The molecule has 0 amide bonds. The van der Waals surface area contributed by atoms with E-state index in [1.165, 1.54) is 0 Å². The Morgan fingerprint density at radius 3 is 3.12 bits per heavy atom. The Morgan fingerprint density at radius 1 is 1.44 bits per heavy atom. The van der Waals surface area contributed by atoms with E-state index in [9.17, 15) is 4.79 Å². The van der Waals surface area contributed by atoms with Crippen LogP contribution in [0.1, 0.15) is 11.9 Å². The largest absolute Gasteiger partial charge is 0.480 e. The molecule has 1 aromatic carbocycles. The lowest BCUT2D eigenvalue weighted by molar-refractivity contribution is 0.205. The maximum Gasteiger partial charge on any atom is 0.439 e. The molecule has 1 aliphatic rings. The Morgan fingerprint density at radius 2 is 2.31 bits per heavy atom. The molecule has 0 aliphatic carbocycles. The van der Waals surface area contributed by atoms with Gasteiger partial charge < -0.3 is 4.74 Å². The highest BCUT2D eigenvalue weighted by Crippen LogP contribution is 2.38. The molecule has 2 aromatic rings. The summed E-state index contributed by atoms with van der Waals surface area (Å²) in [7, 11) is 0. The monoisotopic (exact) mass is 236 g/mol. The van der Waals surface area contributed by atoms with Crippen LogP contribution in [0.15, 0.2) is 38.5 Å². The number of aromatic amines is 1. The Balaban J connectivity index is 1.90. The van der Waals surface area contributed by atoms with Crippen molar-refractivity contribution in [1.82, 2.24) is 10.1 Å². The Labute approximate surface area is 94.8 Å². The van der Waals surface area contributed by atoms with E-state index in [2.05, 4.69) is 14.7 Å². The Kier molecular flexibility index (Phi) is 2.21. The molecule has 1 aromatic heterocycles. The molecule has 16 heavy (non-hydrogen) atoms. The number of ether oxygens (including phenoxy) is 1. The lowest BCUT2D eigenvalue weighted by Gasteiger charge is -2.23. The molecule has 0 radical (unpaired) electrons. The number of benzene rings is 1. The topological polar surface area (TPSA) is 68.1 Å². The summed E-state index contributed by atoms with van der Waals surface area (Å²) in [4.78, 5) is 14.4. The molecule has 1 N–H and O–H groups in total. The second kappa shape index (κ2) is 3.71. The van der Waals surface area contributed by atoms with E-state index in [4.69, 9.17) is 4.74 Å².